The fraction of sp³-hybridized carbons (Fsp3) is 0.846. The molecule has 1 unspecified atom stereocenters. The van der Waals surface area contributed by atoms with Gasteiger partial charge in [-0.3, -0.25) is 4.79 Å². The number of rotatable bonds is 7. The van der Waals surface area contributed by atoms with Gasteiger partial charge in [-0.25, -0.2) is 4.79 Å². The highest BCUT2D eigenvalue weighted by atomic mass is 16.4. The number of hydrogen-bond acceptors (Lipinski definition) is 2. The van der Waals surface area contributed by atoms with Crippen molar-refractivity contribution in [2.24, 2.45) is 5.92 Å². The van der Waals surface area contributed by atoms with E-state index in [2.05, 4.69) is 17.6 Å². The van der Waals surface area contributed by atoms with Crippen molar-refractivity contribution >= 4 is 12.0 Å². The molecular weight excluding hydrogens is 232 g/mol. The molecule has 2 amide bonds. The first-order valence-electron chi connectivity index (χ1n) is 6.75. The number of carboxylic acid groups (broad SMARTS) is 1. The molecule has 0 aromatic carbocycles. The van der Waals surface area contributed by atoms with Crippen LogP contribution in [0.25, 0.3) is 0 Å². The molecule has 0 aromatic rings. The van der Waals surface area contributed by atoms with Crippen LogP contribution in [0, 0.1) is 5.92 Å². The summed E-state index contributed by atoms with van der Waals surface area (Å²) < 4.78 is 0. The van der Waals surface area contributed by atoms with Crippen LogP contribution < -0.4 is 10.6 Å². The second-order valence-corrected chi connectivity index (χ2v) is 5.36. The Kier molecular flexibility index (Phi) is 5.44. The van der Waals surface area contributed by atoms with Crippen LogP contribution in [-0.2, 0) is 4.79 Å². The predicted octanol–water partition coefficient (Wildman–Crippen LogP) is 2.12. The van der Waals surface area contributed by atoms with Crippen molar-refractivity contribution in [2.45, 2.75) is 57.9 Å². The molecule has 0 heterocycles. The maximum absolute atomic E-state index is 11.7. The Bertz CT molecular complexity index is 295. The number of aliphatic carboxylic acids is 1. The molecule has 104 valence electrons. The number of hydrogen-bond donors (Lipinski definition) is 3. The Morgan fingerprint density at radius 2 is 2.06 bits per heavy atom. The zero-order valence-electron chi connectivity index (χ0n) is 11.3. The molecule has 3 N–H and O–H groups in total. The average molecular weight is 256 g/mol. The topological polar surface area (TPSA) is 78.4 Å². The van der Waals surface area contributed by atoms with Gasteiger partial charge in [0.25, 0.3) is 0 Å². The minimum atomic E-state index is -0.786. The molecule has 1 atom stereocenters. The number of carbonyl (C=O) groups is 2. The van der Waals surface area contributed by atoms with Gasteiger partial charge >= 0.3 is 12.0 Å². The maximum Gasteiger partial charge on any atom is 0.315 e. The summed E-state index contributed by atoms with van der Waals surface area (Å²) in [6.07, 6.45) is 5.02. The lowest BCUT2D eigenvalue weighted by atomic mass is 9.75. The Balaban J connectivity index is 2.18. The fourth-order valence-electron chi connectivity index (χ4n) is 2.19. The van der Waals surface area contributed by atoms with Crippen molar-refractivity contribution in [3.63, 3.8) is 0 Å². The second-order valence-electron chi connectivity index (χ2n) is 5.36. The summed E-state index contributed by atoms with van der Waals surface area (Å²) in [5.74, 6) is -0.600. The maximum atomic E-state index is 11.7. The Morgan fingerprint density at radius 1 is 1.39 bits per heavy atom. The molecule has 0 spiro atoms. The molecule has 0 radical (unpaired) electrons. The summed E-state index contributed by atoms with van der Waals surface area (Å²) in [4.78, 5) is 22.1. The first kappa shape index (κ1) is 14.8. The van der Waals surface area contributed by atoms with E-state index in [1.165, 1.54) is 6.42 Å². The van der Waals surface area contributed by atoms with Crippen LogP contribution >= 0.6 is 0 Å². The summed E-state index contributed by atoms with van der Waals surface area (Å²) in [7, 11) is 0. The standard InChI is InChI=1S/C13H24N2O3/c1-3-13(7-4-8-13)15-12(18)14-9-10(2)5-6-11(16)17/h10H,3-9H2,1-2H3,(H,16,17)(H2,14,15,18). The van der Waals surface area contributed by atoms with Crippen molar-refractivity contribution in [3.05, 3.63) is 0 Å². The average Bonchev–Trinajstić information content (AvgIpc) is 2.28. The highest BCUT2D eigenvalue weighted by Crippen LogP contribution is 2.34. The molecule has 0 saturated heterocycles. The summed E-state index contributed by atoms with van der Waals surface area (Å²) in [6, 6.07) is -0.126. The van der Waals surface area contributed by atoms with E-state index in [0.29, 0.717) is 13.0 Å². The van der Waals surface area contributed by atoms with Crippen LogP contribution in [0.5, 0.6) is 0 Å². The Morgan fingerprint density at radius 3 is 2.50 bits per heavy atom. The van der Waals surface area contributed by atoms with Gasteiger partial charge < -0.3 is 15.7 Å². The molecule has 1 saturated carbocycles. The molecular formula is C13H24N2O3. The zero-order valence-corrected chi connectivity index (χ0v) is 11.3. The second kappa shape index (κ2) is 6.61. The SMILES string of the molecule is CCC1(NC(=O)NCC(C)CCC(=O)O)CCC1. The van der Waals surface area contributed by atoms with Crippen LogP contribution in [0.15, 0.2) is 0 Å². The van der Waals surface area contributed by atoms with Gasteiger partial charge in [0.05, 0.1) is 0 Å². The summed E-state index contributed by atoms with van der Waals surface area (Å²) in [6.45, 7) is 4.57. The molecule has 5 nitrogen and oxygen atoms in total. The van der Waals surface area contributed by atoms with Gasteiger partial charge in [-0.05, 0) is 38.0 Å². The number of urea groups is 1. The normalized spacial score (nSPS) is 18.6. The van der Waals surface area contributed by atoms with E-state index >= 15 is 0 Å². The largest absolute Gasteiger partial charge is 0.481 e. The third-order valence-electron chi connectivity index (χ3n) is 3.83. The summed E-state index contributed by atoms with van der Waals surface area (Å²) in [5.41, 5.74) is 0.00832. The first-order chi connectivity index (χ1) is 8.47. The van der Waals surface area contributed by atoms with Crippen molar-refractivity contribution in [1.82, 2.24) is 10.6 Å². The quantitative estimate of drug-likeness (QED) is 0.653. The van der Waals surface area contributed by atoms with Crippen LogP contribution in [0.1, 0.15) is 52.4 Å². The molecule has 0 bridgehead atoms. The van der Waals surface area contributed by atoms with Crippen LogP contribution in [0.4, 0.5) is 4.79 Å². The van der Waals surface area contributed by atoms with Gasteiger partial charge in [0.1, 0.15) is 0 Å². The summed E-state index contributed by atoms with van der Waals surface area (Å²) in [5, 5.41) is 14.4. The number of nitrogens with one attached hydrogen (secondary N) is 2. The van der Waals surface area contributed by atoms with E-state index < -0.39 is 5.97 Å². The minimum absolute atomic E-state index is 0.00832. The molecule has 5 heteroatoms. The van der Waals surface area contributed by atoms with Crippen molar-refractivity contribution < 1.29 is 14.7 Å². The van der Waals surface area contributed by atoms with E-state index in [4.69, 9.17) is 5.11 Å². The van der Waals surface area contributed by atoms with Crippen LogP contribution in [-0.4, -0.2) is 29.2 Å². The van der Waals surface area contributed by atoms with E-state index in [1.807, 2.05) is 6.92 Å². The van der Waals surface area contributed by atoms with Crippen molar-refractivity contribution in [1.29, 1.82) is 0 Å². The predicted molar refractivity (Wildman–Crippen MR) is 69.4 cm³/mol. The van der Waals surface area contributed by atoms with E-state index in [1.54, 1.807) is 0 Å². The smallest absolute Gasteiger partial charge is 0.315 e. The van der Waals surface area contributed by atoms with Gasteiger partial charge in [-0.2, -0.15) is 0 Å². The van der Waals surface area contributed by atoms with Crippen LogP contribution in [0.3, 0.4) is 0 Å². The lowest BCUT2D eigenvalue weighted by Crippen LogP contribution is -2.56. The van der Waals surface area contributed by atoms with Gasteiger partial charge in [-0.1, -0.05) is 13.8 Å². The highest BCUT2D eigenvalue weighted by Gasteiger charge is 2.36. The number of carbonyl (C=O) groups excluding carboxylic acids is 1. The zero-order chi connectivity index (χ0) is 13.6. The van der Waals surface area contributed by atoms with Crippen molar-refractivity contribution in [2.75, 3.05) is 6.54 Å². The van der Waals surface area contributed by atoms with Gasteiger partial charge in [-0.15, -0.1) is 0 Å². The number of amides is 2. The lowest BCUT2D eigenvalue weighted by Gasteiger charge is -2.41. The Hall–Kier alpha value is -1.26. The molecule has 1 aliphatic rings. The van der Waals surface area contributed by atoms with Crippen molar-refractivity contribution in [3.8, 4) is 0 Å². The highest BCUT2D eigenvalue weighted by molar-refractivity contribution is 5.75. The van der Waals surface area contributed by atoms with Gasteiger partial charge in [0.15, 0.2) is 0 Å². The van der Waals surface area contributed by atoms with E-state index in [0.717, 1.165) is 19.3 Å². The molecule has 18 heavy (non-hydrogen) atoms. The number of carboxylic acids is 1. The third-order valence-corrected chi connectivity index (χ3v) is 3.83. The Labute approximate surface area is 108 Å². The van der Waals surface area contributed by atoms with Gasteiger partial charge in [0, 0.05) is 18.5 Å². The fourth-order valence-corrected chi connectivity index (χ4v) is 2.19. The molecule has 1 fully saturated rings. The van der Waals surface area contributed by atoms with Gasteiger partial charge in [0.2, 0.25) is 0 Å². The summed E-state index contributed by atoms with van der Waals surface area (Å²) >= 11 is 0. The van der Waals surface area contributed by atoms with Crippen LogP contribution in [0.2, 0.25) is 0 Å². The molecule has 0 aliphatic heterocycles. The molecule has 0 aromatic heterocycles. The lowest BCUT2D eigenvalue weighted by molar-refractivity contribution is -0.137. The molecule has 1 rings (SSSR count). The third kappa shape index (κ3) is 4.55. The monoisotopic (exact) mass is 256 g/mol. The molecule has 1 aliphatic carbocycles. The first-order valence-corrected chi connectivity index (χ1v) is 6.75. The van der Waals surface area contributed by atoms with E-state index in [-0.39, 0.29) is 23.9 Å². The van der Waals surface area contributed by atoms with E-state index in [9.17, 15) is 9.59 Å². The minimum Gasteiger partial charge on any atom is -0.481 e.